The van der Waals surface area contributed by atoms with Gasteiger partial charge in [0.05, 0.1) is 17.9 Å². The molecule has 3 aromatic rings. The average molecular weight is 268 g/mol. The van der Waals surface area contributed by atoms with Crippen molar-refractivity contribution in [3.8, 4) is 0 Å². The second-order valence-electron chi connectivity index (χ2n) is 4.75. The molecule has 0 fully saturated rings. The van der Waals surface area contributed by atoms with Crippen molar-refractivity contribution in [3.05, 3.63) is 52.6 Å². The molecule has 0 atom stereocenters. The van der Waals surface area contributed by atoms with Gasteiger partial charge in [0.1, 0.15) is 6.33 Å². The van der Waals surface area contributed by atoms with Crippen LogP contribution in [-0.2, 0) is 13.0 Å². The van der Waals surface area contributed by atoms with Gasteiger partial charge < -0.3 is 5.32 Å². The summed E-state index contributed by atoms with van der Waals surface area (Å²) in [6.45, 7) is 1.24. The van der Waals surface area contributed by atoms with Gasteiger partial charge in [-0.15, -0.1) is 5.10 Å². The number of nitrogens with zero attached hydrogens (tertiary/aromatic N) is 5. The zero-order valence-electron chi connectivity index (χ0n) is 10.7. The highest BCUT2D eigenvalue weighted by molar-refractivity contribution is 5.58. The summed E-state index contributed by atoms with van der Waals surface area (Å²) in [7, 11) is 0. The predicted molar refractivity (Wildman–Crippen MR) is 72.8 cm³/mol. The van der Waals surface area contributed by atoms with Crippen LogP contribution >= 0.6 is 0 Å². The van der Waals surface area contributed by atoms with Gasteiger partial charge in [0.2, 0.25) is 0 Å². The Balaban J connectivity index is 1.86. The van der Waals surface area contributed by atoms with Gasteiger partial charge in [0, 0.05) is 30.9 Å². The number of hydrogen-bond donors (Lipinski definition) is 1. The van der Waals surface area contributed by atoms with Crippen molar-refractivity contribution in [2.24, 2.45) is 0 Å². The van der Waals surface area contributed by atoms with Crippen molar-refractivity contribution in [3.63, 3.8) is 0 Å². The van der Waals surface area contributed by atoms with Crippen LogP contribution in [0.25, 0.3) is 5.65 Å². The minimum absolute atomic E-state index is 0.121. The van der Waals surface area contributed by atoms with Gasteiger partial charge in [-0.05, 0) is 12.1 Å². The van der Waals surface area contributed by atoms with E-state index in [2.05, 4.69) is 20.4 Å². The summed E-state index contributed by atoms with van der Waals surface area (Å²) in [6.07, 6.45) is 5.69. The molecule has 1 aliphatic rings. The van der Waals surface area contributed by atoms with Crippen LogP contribution in [-0.4, -0.2) is 30.7 Å². The third-order valence-electron chi connectivity index (χ3n) is 3.47. The maximum absolute atomic E-state index is 12.5. The number of nitrogens with one attached hydrogen (secondary N) is 1. The van der Waals surface area contributed by atoms with Crippen molar-refractivity contribution in [1.82, 2.24) is 24.1 Å². The molecule has 4 rings (SSSR count). The van der Waals surface area contributed by atoms with E-state index in [1.807, 2.05) is 12.1 Å². The maximum atomic E-state index is 12.5. The van der Waals surface area contributed by atoms with E-state index in [9.17, 15) is 4.79 Å². The fourth-order valence-corrected chi connectivity index (χ4v) is 2.57. The molecular weight excluding hydrogens is 256 g/mol. The molecule has 0 spiro atoms. The van der Waals surface area contributed by atoms with Crippen LogP contribution < -0.4 is 11.0 Å². The first-order chi connectivity index (χ1) is 9.83. The van der Waals surface area contributed by atoms with Crippen molar-refractivity contribution in [1.29, 1.82) is 0 Å². The van der Waals surface area contributed by atoms with E-state index < -0.39 is 0 Å². The Morgan fingerprint density at radius 2 is 2.10 bits per heavy atom. The largest absolute Gasteiger partial charge is 0.383 e. The molecule has 1 N–H and O–H groups in total. The number of hydrogen-bond acceptors (Lipinski definition) is 5. The minimum Gasteiger partial charge on any atom is -0.383 e. The van der Waals surface area contributed by atoms with Crippen LogP contribution in [0.2, 0.25) is 0 Å². The van der Waals surface area contributed by atoms with E-state index in [0.29, 0.717) is 12.2 Å². The standard InChI is InChI=1S/C13H12N6O/c20-13-18(7-9-5-14-8-15-6-9)17-12-2-1-10-11(19(12)13)3-4-16-10/h1-2,5-6,8,16H,3-4,7H2. The summed E-state index contributed by atoms with van der Waals surface area (Å²) >= 11 is 0. The number of rotatable bonds is 2. The van der Waals surface area contributed by atoms with E-state index >= 15 is 0 Å². The van der Waals surface area contributed by atoms with E-state index in [1.165, 1.54) is 11.0 Å². The Hall–Kier alpha value is -2.70. The third-order valence-corrected chi connectivity index (χ3v) is 3.47. The van der Waals surface area contributed by atoms with Gasteiger partial charge in [0.15, 0.2) is 5.65 Å². The van der Waals surface area contributed by atoms with Gasteiger partial charge in [-0.2, -0.15) is 0 Å². The van der Waals surface area contributed by atoms with Gasteiger partial charge in [-0.25, -0.2) is 23.8 Å². The zero-order valence-corrected chi connectivity index (χ0v) is 10.7. The van der Waals surface area contributed by atoms with Crippen LogP contribution in [0.15, 0.2) is 35.6 Å². The van der Waals surface area contributed by atoms with Crippen molar-refractivity contribution in [2.45, 2.75) is 13.0 Å². The molecular formula is C13H12N6O. The molecule has 0 radical (unpaired) electrons. The summed E-state index contributed by atoms with van der Waals surface area (Å²) in [4.78, 5) is 20.4. The topological polar surface area (TPSA) is 77.1 Å². The molecule has 7 nitrogen and oxygen atoms in total. The van der Waals surface area contributed by atoms with E-state index in [-0.39, 0.29) is 5.69 Å². The first-order valence-electron chi connectivity index (χ1n) is 6.42. The molecule has 0 bridgehead atoms. The summed E-state index contributed by atoms with van der Waals surface area (Å²) in [5.41, 5.74) is 3.43. The third kappa shape index (κ3) is 1.59. The molecule has 0 aromatic carbocycles. The van der Waals surface area contributed by atoms with Gasteiger partial charge in [-0.1, -0.05) is 0 Å². The molecule has 20 heavy (non-hydrogen) atoms. The molecule has 0 saturated heterocycles. The maximum Gasteiger partial charge on any atom is 0.350 e. The van der Waals surface area contributed by atoms with Crippen LogP contribution in [0.3, 0.4) is 0 Å². The monoisotopic (exact) mass is 268 g/mol. The highest BCUT2D eigenvalue weighted by Crippen LogP contribution is 2.21. The Morgan fingerprint density at radius 3 is 2.95 bits per heavy atom. The van der Waals surface area contributed by atoms with Crippen LogP contribution in [0.1, 0.15) is 11.3 Å². The molecule has 7 heteroatoms. The van der Waals surface area contributed by atoms with E-state index in [0.717, 1.165) is 29.9 Å². The number of anilines is 1. The van der Waals surface area contributed by atoms with Crippen LogP contribution in [0.4, 0.5) is 5.69 Å². The second kappa shape index (κ2) is 4.16. The van der Waals surface area contributed by atoms with E-state index in [1.54, 1.807) is 16.8 Å². The van der Waals surface area contributed by atoms with Crippen molar-refractivity contribution in [2.75, 3.05) is 11.9 Å². The molecule has 0 saturated carbocycles. The molecule has 0 aliphatic carbocycles. The molecule has 1 aliphatic heterocycles. The number of aromatic nitrogens is 5. The summed E-state index contributed by atoms with van der Waals surface area (Å²) < 4.78 is 3.13. The smallest absolute Gasteiger partial charge is 0.350 e. The lowest BCUT2D eigenvalue weighted by molar-refractivity contribution is 0.653. The fourth-order valence-electron chi connectivity index (χ4n) is 2.57. The van der Waals surface area contributed by atoms with Gasteiger partial charge in [0.25, 0.3) is 0 Å². The van der Waals surface area contributed by atoms with Crippen LogP contribution in [0, 0.1) is 0 Å². The molecule has 0 amide bonds. The Labute approximate surface area is 113 Å². The Kier molecular flexibility index (Phi) is 2.32. The first-order valence-corrected chi connectivity index (χ1v) is 6.42. The lowest BCUT2D eigenvalue weighted by Crippen LogP contribution is -2.23. The molecule has 4 heterocycles. The molecule has 100 valence electrons. The fraction of sp³-hybridized carbons (Fsp3) is 0.231. The molecule has 0 unspecified atom stereocenters. The predicted octanol–water partition coefficient (Wildman–Crippen LogP) is 0.302. The molecule has 3 aromatic heterocycles. The summed E-state index contributed by atoms with van der Waals surface area (Å²) in [6, 6.07) is 3.83. The zero-order chi connectivity index (χ0) is 13.5. The first kappa shape index (κ1) is 11.2. The SMILES string of the molecule is O=c1n(Cc2cncnc2)nc2ccc3c(n12)CCN3. The highest BCUT2D eigenvalue weighted by atomic mass is 16.2. The van der Waals surface area contributed by atoms with Crippen molar-refractivity contribution >= 4 is 11.3 Å². The van der Waals surface area contributed by atoms with Gasteiger partial charge >= 0.3 is 5.69 Å². The lowest BCUT2D eigenvalue weighted by Gasteiger charge is -2.00. The van der Waals surface area contributed by atoms with Crippen molar-refractivity contribution < 1.29 is 0 Å². The van der Waals surface area contributed by atoms with Gasteiger partial charge in [-0.3, -0.25) is 0 Å². The summed E-state index contributed by atoms with van der Waals surface area (Å²) in [5, 5.41) is 7.63. The second-order valence-corrected chi connectivity index (χ2v) is 4.75. The lowest BCUT2D eigenvalue weighted by atomic mass is 10.3. The highest BCUT2D eigenvalue weighted by Gasteiger charge is 2.17. The average Bonchev–Trinajstić information content (AvgIpc) is 3.05. The Bertz CT molecular complexity index is 835. The van der Waals surface area contributed by atoms with E-state index in [4.69, 9.17) is 0 Å². The quantitative estimate of drug-likeness (QED) is 0.723. The van der Waals surface area contributed by atoms with Crippen LogP contribution in [0.5, 0.6) is 0 Å². The summed E-state index contributed by atoms with van der Waals surface area (Å²) in [5.74, 6) is 0. The number of pyridine rings is 1. The minimum atomic E-state index is -0.121. The normalized spacial score (nSPS) is 13.4. The number of fused-ring (bicyclic) bond motifs is 3. The Morgan fingerprint density at radius 1 is 1.25 bits per heavy atom.